The van der Waals surface area contributed by atoms with Crippen LogP contribution in [0.5, 0.6) is 0 Å². The van der Waals surface area contributed by atoms with Gasteiger partial charge in [0.2, 0.25) is 0 Å². The van der Waals surface area contributed by atoms with Crippen molar-refractivity contribution >= 4 is 0 Å². The molecule has 4 spiro atoms. The minimum atomic E-state index is 0.696. The maximum absolute atomic E-state index is 2.70. The Morgan fingerprint density at radius 1 is 0.393 bits per heavy atom. The molecule has 28 heavy (non-hydrogen) atoms. The Labute approximate surface area is 172 Å². The molecule has 4 atom stereocenters. The summed E-state index contributed by atoms with van der Waals surface area (Å²) >= 11 is 0. The third-order valence-electron chi connectivity index (χ3n) is 11.1. The second-order valence-corrected chi connectivity index (χ2v) is 13.7. The van der Waals surface area contributed by atoms with Gasteiger partial charge in [0.1, 0.15) is 0 Å². The zero-order valence-corrected chi connectivity index (χ0v) is 17.9. The molecule has 9 aliphatic carbocycles. The summed E-state index contributed by atoms with van der Waals surface area (Å²) in [6.07, 6.45) is 35.3. The van der Waals surface area contributed by atoms with Crippen LogP contribution in [0.1, 0.15) is 103 Å². The molecule has 0 amide bonds. The Morgan fingerprint density at radius 2 is 0.643 bits per heavy atom. The fourth-order valence-electron chi connectivity index (χ4n) is 11.6. The van der Waals surface area contributed by atoms with Gasteiger partial charge in [-0.05, 0) is 148 Å². The summed E-state index contributed by atoms with van der Waals surface area (Å²) < 4.78 is 0. The van der Waals surface area contributed by atoms with Crippen LogP contribution in [-0.2, 0) is 0 Å². The lowest BCUT2D eigenvalue weighted by Crippen LogP contribution is -2.52. The zero-order valence-electron chi connectivity index (χ0n) is 17.9. The standard InChI is InChI=1S/C28H40/c1-2-6-26-13-23-10-24(14-26)18-28(17-23,20-26)8-4-3-7-27-15-21-9-22(16-27)12-25(5-1,11-21)19-27/h1-4,21-24H,5-20H2/b2-1-,4-3+. The second kappa shape index (κ2) is 5.59. The maximum atomic E-state index is 2.70. The molecule has 0 saturated heterocycles. The van der Waals surface area contributed by atoms with Crippen molar-refractivity contribution in [2.45, 2.75) is 103 Å². The van der Waals surface area contributed by atoms with Crippen molar-refractivity contribution in [3.63, 3.8) is 0 Å². The van der Waals surface area contributed by atoms with Gasteiger partial charge < -0.3 is 0 Å². The van der Waals surface area contributed by atoms with Crippen LogP contribution in [0.3, 0.4) is 0 Å². The molecule has 4 unspecified atom stereocenters. The van der Waals surface area contributed by atoms with Crippen LogP contribution in [0.2, 0.25) is 0 Å². The van der Waals surface area contributed by atoms with Crippen molar-refractivity contribution in [2.75, 3.05) is 0 Å². The van der Waals surface area contributed by atoms with Gasteiger partial charge in [0.15, 0.2) is 0 Å². The molecule has 0 N–H and O–H groups in total. The monoisotopic (exact) mass is 376 g/mol. The molecule has 0 heterocycles. The van der Waals surface area contributed by atoms with Crippen molar-refractivity contribution in [3.05, 3.63) is 24.3 Å². The van der Waals surface area contributed by atoms with Crippen LogP contribution in [0, 0.1) is 45.3 Å². The predicted octanol–water partition coefficient (Wildman–Crippen LogP) is 7.85. The highest BCUT2D eigenvalue weighted by Gasteiger charge is 2.58. The first-order valence-corrected chi connectivity index (χ1v) is 12.9. The number of hydrogen-bond donors (Lipinski definition) is 0. The lowest BCUT2D eigenvalue weighted by molar-refractivity contribution is -0.111. The van der Waals surface area contributed by atoms with E-state index < -0.39 is 0 Å². The van der Waals surface area contributed by atoms with Crippen LogP contribution < -0.4 is 0 Å². The van der Waals surface area contributed by atoms with E-state index in [1.54, 1.807) is 77.0 Å². The highest BCUT2D eigenvalue weighted by molar-refractivity contribution is 5.15. The highest BCUT2D eigenvalue weighted by atomic mass is 14.6. The Morgan fingerprint density at radius 3 is 0.893 bits per heavy atom. The summed E-state index contributed by atoms with van der Waals surface area (Å²) in [7, 11) is 0. The van der Waals surface area contributed by atoms with E-state index in [2.05, 4.69) is 24.3 Å². The van der Waals surface area contributed by atoms with E-state index in [9.17, 15) is 0 Å². The van der Waals surface area contributed by atoms with Crippen molar-refractivity contribution in [2.24, 2.45) is 45.3 Å². The molecule has 0 radical (unpaired) electrons. The average Bonchev–Trinajstić information content (AvgIpc) is 2.60. The zero-order chi connectivity index (χ0) is 18.5. The van der Waals surface area contributed by atoms with Gasteiger partial charge in [-0.3, -0.25) is 0 Å². The summed E-state index contributed by atoms with van der Waals surface area (Å²) in [4.78, 5) is 0. The number of hydrogen-bond acceptors (Lipinski definition) is 0. The van der Waals surface area contributed by atoms with Gasteiger partial charge in [-0.15, -0.1) is 0 Å². The fourth-order valence-corrected chi connectivity index (χ4v) is 11.6. The summed E-state index contributed by atoms with van der Waals surface area (Å²) in [6, 6.07) is 0. The number of rotatable bonds is 0. The van der Waals surface area contributed by atoms with E-state index in [1.165, 1.54) is 25.7 Å². The largest absolute Gasteiger partial charge is 0.0880 e. The summed E-state index contributed by atoms with van der Waals surface area (Å²) in [5, 5.41) is 0. The van der Waals surface area contributed by atoms with Crippen LogP contribution in [0.25, 0.3) is 0 Å². The van der Waals surface area contributed by atoms with Gasteiger partial charge in [-0.2, -0.15) is 0 Å². The highest BCUT2D eigenvalue weighted by Crippen LogP contribution is 2.69. The molecular formula is C28H40. The van der Waals surface area contributed by atoms with E-state index in [-0.39, 0.29) is 0 Å². The van der Waals surface area contributed by atoms with Crippen LogP contribution >= 0.6 is 0 Å². The molecule has 0 aliphatic heterocycles. The Balaban J connectivity index is 1.23. The Bertz CT molecular complexity index is 580. The lowest BCUT2D eigenvalue weighted by Gasteiger charge is -2.63. The lowest BCUT2D eigenvalue weighted by atomic mass is 9.42. The predicted molar refractivity (Wildman–Crippen MR) is 116 cm³/mol. The van der Waals surface area contributed by atoms with E-state index in [0.717, 1.165) is 23.7 Å². The molecule has 0 aromatic heterocycles. The molecule has 152 valence electrons. The Hall–Kier alpha value is -0.520. The topological polar surface area (TPSA) is 0 Å². The summed E-state index contributed by atoms with van der Waals surface area (Å²) in [5.74, 6) is 4.27. The van der Waals surface area contributed by atoms with Gasteiger partial charge in [0.25, 0.3) is 0 Å². The Kier molecular flexibility index (Phi) is 3.43. The first-order chi connectivity index (χ1) is 13.6. The van der Waals surface area contributed by atoms with E-state index in [1.807, 2.05) is 0 Å². The molecule has 8 bridgehead atoms. The van der Waals surface area contributed by atoms with Gasteiger partial charge in [-0.25, -0.2) is 0 Å². The van der Waals surface area contributed by atoms with Gasteiger partial charge in [-0.1, -0.05) is 24.3 Å². The van der Waals surface area contributed by atoms with Crippen LogP contribution in [0.15, 0.2) is 24.3 Å². The smallest absolute Gasteiger partial charge is 0.0252 e. The molecule has 0 aromatic rings. The quantitative estimate of drug-likeness (QED) is 0.378. The molecule has 8 saturated carbocycles. The maximum Gasteiger partial charge on any atom is -0.0252 e. The molecule has 9 aliphatic rings. The molecule has 0 aromatic carbocycles. The number of allylic oxidation sites excluding steroid dienone is 4. The van der Waals surface area contributed by atoms with Crippen molar-refractivity contribution < 1.29 is 0 Å². The molecule has 0 heteroatoms. The minimum Gasteiger partial charge on any atom is -0.0880 e. The SMILES string of the molecule is C1=C\CC23CC4CC(C2)CC(C/C=C/CC25CC6CC(CC(C/1)(C6)C2)C5)(C4)C3. The van der Waals surface area contributed by atoms with Crippen molar-refractivity contribution in [1.82, 2.24) is 0 Å². The first kappa shape index (κ1) is 17.2. The molecular weight excluding hydrogens is 336 g/mol. The average molecular weight is 377 g/mol. The van der Waals surface area contributed by atoms with Crippen molar-refractivity contribution in [1.29, 1.82) is 0 Å². The van der Waals surface area contributed by atoms with Gasteiger partial charge >= 0.3 is 0 Å². The van der Waals surface area contributed by atoms with Gasteiger partial charge in [0.05, 0.1) is 0 Å². The van der Waals surface area contributed by atoms with Gasteiger partial charge in [0, 0.05) is 0 Å². The summed E-state index contributed by atoms with van der Waals surface area (Å²) in [5.41, 5.74) is 2.78. The van der Waals surface area contributed by atoms with E-state index in [0.29, 0.717) is 21.7 Å². The third kappa shape index (κ3) is 2.54. The van der Waals surface area contributed by atoms with E-state index >= 15 is 0 Å². The molecule has 9 rings (SSSR count). The molecule has 8 fully saturated rings. The van der Waals surface area contributed by atoms with E-state index in [4.69, 9.17) is 0 Å². The van der Waals surface area contributed by atoms with Crippen LogP contribution in [-0.4, -0.2) is 0 Å². The first-order valence-electron chi connectivity index (χ1n) is 12.9. The molecule has 0 nitrogen and oxygen atoms in total. The second-order valence-electron chi connectivity index (χ2n) is 13.7. The fraction of sp³-hybridized carbons (Fsp3) is 0.857. The summed E-state index contributed by atoms with van der Waals surface area (Å²) in [6.45, 7) is 0. The third-order valence-corrected chi connectivity index (χ3v) is 11.1. The van der Waals surface area contributed by atoms with Crippen LogP contribution in [0.4, 0.5) is 0 Å². The minimum absolute atomic E-state index is 0.696. The van der Waals surface area contributed by atoms with Crippen molar-refractivity contribution in [3.8, 4) is 0 Å². The normalized spacial score (nSPS) is 61.1.